The van der Waals surface area contributed by atoms with Crippen molar-refractivity contribution in [3.8, 4) is 11.5 Å². The molecule has 6 nitrogen and oxygen atoms in total. The second-order valence-electron chi connectivity index (χ2n) is 6.18. The normalized spacial score (nSPS) is 17.8. The van der Waals surface area contributed by atoms with E-state index in [1.807, 2.05) is 12.1 Å². The highest BCUT2D eigenvalue weighted by molar-refractivity contribution is 5.74. The first-order valence-electron chi connectivity index (χ1n) is 8.35. The van der Waals surface area contributed by atoms with Crippen LogP contribution in [-0.4, -0.2) is 63.5 Å². The molecule has 1 aromatic carbocycles. The summed E-state index contributed by atoms with van der Waals surface area (Å²) < 4.78 is 47.5. The molecule has 9 heteroatoms. The van der Waals surface area contributed by atoms with Crippen LogP contribution in [-0.2, 0) is 6.42 Å². The molecule has 1 heterocycles. The molecule has 0 aromatic heterocycles. The molecule has 1 aromatic rings. The van der Waals surface area contributed by atoms with Gasteiger partial charge in [-0.05, 0) is 30.5 Å². The summed E-state index contributed by atoms with van der Waals surface area (Å²) >= 11 is 0. The van der Waals surface area contributed by atoms with Crippen molar-refractivity contribution in [2.45, 2.75) is 25.1 Å². The molecule has 0 spiro atoms. The van der Waals surface area contributed by atoms with E-state index < -0.39 is 12.7 Å². The third-order valence-electron chi connectivity index (χ3n) is 4.16. The van der Waals surface area contributed by atoms with Crippen LogP contribution in [0.25, 0.3) is 0 Å². The lowest BCUT2D eigenvalue weighted by Gasteiger charge is -2.18. The Hall–Kier alpha value is -2.16. The summed E-state index contributed by atoms with van der Waals surface area (Å²) in [7, 11) is 3.11. The van der Waals surface area contributed by atoms with Crippen LogP contribution in [0, 0.1) is 0 Å². The molecular formula is C17H24F3N3O3. The molecule has 146 valence electrons. The van der Waals surface area contributed by atoms with Crippen molar-refractivity contribution < 1.29 is 27.4 Å². The Morgan fingerprint density at radius 2 is 2.00 bits per heavy atom. The zero-order valence-electron chi connectivity index (χ0n) is 14.9. The Balaban J connectivity index is 1.71. The number of halogens is 3. The maximum Gasteiger partial charge on any atom is 0.401 e. The van der Waals surface area contributed by atoms with Crippen LogP contribution in [0.5, 0.6) is 11.5 Å². The minimum Gasteiger partial charge on any atom is -0.493 e. The predicted molar refractivity (Wildman–Crippen MR) is 90.7 cm³/mol. The fraction of sp³-hybridized carbons (Fsp3) is 0.588. The van der Waals surface area contributed by atoms with Crippen molar-refractivity contribution in [3.05, 3.63) is 23.8 Å². The Morgan fingerprint density at radius 1 is 1.27 bits per heavy atom. The summed E-state index contributed by atoms with van der Waals surface area (Å²) in [6.45, 7) is 0.00507. The summed E-state index contributed by atoms with van der Waals surface area (Å²) in [6, 6.07) is 4.88. The van der Waals surface area contributed by atoms with Gasteiger partial charge < -0.3 is 20.1 Å². The molecule has 0 bridgehead atoms. The van der Waals surface area contributed by atoms with Gasteiger partial charge in [-0.3, -0.25) is 4.90 Å². The first-order valence-corrected chi connectivity index (χ1v) is 8.35. The zero-order valence-corrected chi connectivity index (χ0v) is 14.9. The number of amides is 2. The van der Waals surface area contributed by atoms with Gasteiger partial charge in [0, 0.05) is 25.7 Å². The Kier molecular flexibility index (Phi) is 6.96. The lowest BCUT2D eigenvalue weighted by atomic mass is 10.1. The maximum atomic E-state index is 12.4. The van der Waals surface area contributed by atoms with E-state index >= 15 is 0 Å². The topological polar surface area (TPSA) is 62.8 Å². The molecule has 0 aliphatic carbocycles. The summed E-state index contributed by atoms with van der Waals surface area (Å²) in [4.78, 5) is 13.2. The lowest BCUT2D eigenvalue weighted by molar-refractivity contribution is -0.143. The standard InChI is InChI=1S/C17H24F3N3O3/c1-25-14-4-3-12(9-15(14)26-2)5-7-21-16(24)22-13-6-8-23(10-13)11-17(18,19)20/h3-4,9,13H,5-8,10-11H2,1-2H3,(H2,21,22,24). The lowest BCUT2D eigenvalue weighted by Crippen LogP contribution is -2.44. The third-order valence-corrected chi connectivity index (χ3v) is 4.16. The van der Waals surface area contributed by atoms with Crippen LogP contribution in [0.1, 0.15) is 12.0 Å². The molecule has 1 aliphatic rings. The van der Waals surface area contributed by atoms with Crippen molar-refractivity contribution in [2.24, 2.45) is 0 Å². The van der Waals surface area contributed by atoms with E-state index in [0.717, 1.165) is 5.56 Å². The van der Waals surface area contributed by atoms with Gasteiger partial charge in [0.25, 0.3) is 0 Å². The van der Waals surface area contributed by atoms with Gasteiger partial charge in [-0.2, -0.15) is 13.2 Å². The molecule has 2 rings (SSSR count). The zero-order chi connectivity index (χ0) is 19.2. The number of benzene rings is 1. The van der Waals surface area contributed by atoms with E-state index in [1.165, 1.54) is 4.90 Å². The first-order chi connectivity index (χ1) is 12.3. The van der Waals surface area contributed by atoms with Gasteiger partial charge in [-0.25, -0.2) is 4.79 Å². The van der Waals surface area contributed by atoms with E-state index in [4.69, 9.17) is 9.47 Å². The van der Waals surface area contributed by atoms with Crippen LogP contribution < -0.4 is 20.1 Å². The van der Waals surface area contributed by atoms with E-state index in [2.05, 4.69) is 10.6 Å². The van der Waals surface area contributed by atoms with Crippen LogP contribution in [0.3, 0.4) is 0 Å². The van der Waals surface area contributed by atoms with Crippen molar-refractivity contribution in [1.82, 2.24) is 15.5 Å². The number of rotatable bonds is 7. The highest BCUT2D eigenvalue weighted by atomic mass is 19.4. The predicted octanol–water partition coefficient (Wildman–Crippen LogP) is 2.18. The molecular weight excluding hydrogens is 351 g/mol. The summed E-state index contributed by atoms with van der Waals surface area (Å²) in [5.74, 6) is 1.25. The Bertz CT molecular complexity index is 611. The van der Waals surface area contributed by atoms with Crippen LogP contribution >= 0.6 is 0 Å². The third kappa shape index (κ3) is 6.29. The van der Waals surface area contributed by atoms with E-state index in [0.29, 0.717) is 37.4 Å². The average Bonchev–Trinajstić information content (AvgIpc) is 2.99. The second kappa shape index (κ2) is 8.98. The molecule has 1 atom stereocenters. The van der Waals surface area contributed by atoms with Gasteiger partial charge >= 0.3 is 12.2 Å². The molecule has 2 amide bonds. The molecule has 1 fully saturated rings. The fourth-order valence-electron chi connectivity index (χ4n) is 2.94. The molecule has 1 saturated heterocycles. The molecule has 1 aliphatic heterocycles. The highest BCUT2D eigenvalue weighted by Gasteiger charge is 2.34. The average molecular weight is 375 g/mol. The minimum absolute atomic E-state index is 0.211. The number of ether oxygens (including phenoxy) is 2. The number of hydrogen-bond acceptors (Lipinski definition) is 4. The highest BCUT2D eigenvalue weighted by Crippen LogP contribution is 2.27. The smallest absolute Gasteiger partial charge is 0.401 e. The summed E-state index contributed by atoms with van der Waals surface area (Å²) in [5.41, 5.74) is 0.972. The van der Waals surface area contributed by atoms with E-state index in [-0.39, 0.29) is 18.6 Å². The molecule has 0 saturated carbocycles. The molecule has 0 radical (unpaired) electrons. The van der Waals surface area contributed by atoms with Crippen molar-refractivity contribution >= 4 is 6.03 Å². The Labute approximate surface area is 150 Å². The number of hydrogen-bond donors (Lipinski definition) is 2. The van der Waals surface area contributed by atoms with Crippen molar-refractivity contribution in [1.29, 1.82) is 0 Å². The number of likely N-dealkylation sites (tertiary alicyclic amines) is 1. The maximum absolute atomic E-state index is 12.4. The first kappa shape index (κ1) is 20.2. The number of urea groups is 1. The number of carbonyl (C=O) groups is 1. The van der Waals surface area contributed by atoms with E-state index in [9.17, 15) is 18.0 Å². The fourth-order valence-corrected chi connectivity index (χ4v) is 2.94. The van der Waals surface area contributed by atoms with Gasteiger partial charge in [-0.1, -0.05) is 6.07 Å². The minimum atomic E-state index is -4.21. The van der Waals surface area contributed by atoms with Gasteiger partial charge in [0.2, 0.25) is 0 Å². The van der Waals surface area contributed by atoms with Crippen LogP contribution in [0.4, 0.5) is 18.0 Å². The molecule has 1 unspecified atom stereocenters. The SMILES string of the molecule is COc1ccc(CCNC(=O)NC2CCN(CC(F)(F)F)C2)cc1OC. The van der Waals surface area contributed by atoms with Gasteiger partial charge in [0.1, 0.15) is 0 Å². The summed E-state index contributed by atoms with van der Waals surface area (Å²) in [6.07, 6.45) is -3.10. The number of carbonyl (C=O) groups excluding carboxylic acids is 1. The second-order valence-corrected chi connectivity index (χ2v) is 6.18. The number of methoxy groups -OCH3 is 2. The van der Waals surface area contributed by atoms with Gasteiger partial charge in [-0.15, -0.1) is 0 Å². The molecule has 26 heavy (non-hydrogen) atoms. The Morgan fingerprint density at radius 3 is 2.65 bits per heavy atom. The number of alkyl halides is 3. The van der Waals surface area contributed by atoms with Crippen LogP contribution in [0.15, 0.2) is 18.2 Å². The van der Waals surface area contributed by atoms with Crippen LogP contribution in [0.2, 0.25) is 0 Å². The monoisotopic (exact) mass is 375 g/mol. The van der Waals surface area contributed by atoms with Gasteiger partial charge in [0.05, 0.1) is 20.8 Å². The quantitative estimate of drug-likeness (QED) is 0.767. The van der Waals surface area contributed by atoms with E-state index in [1.54, 1.807) is 20.3 Å². The largest absolute Gasteiger partial charge is 0.493 e. The number of nitrogens with zero attached hydrogens (tertiary/aromatic N) is 1. The van der Waals surface area contributed by atoms with Crippen molar-refractivity contribution in [2.75, 3.05) is 40.4 Å². The summed E-state index contributed by atoms with van der Waals surface area (Å²) in [5, 5.41) is 5.44. The number of nitrogens with one attached hydrogen (secondary N) is 2. The molecule has 2 N–H and O–H groups in total. The van der Waals surface area contributed by atoms with Gasteiger partial charge in [0.15, 0.2) is 11.5 Å². The van der Waals surface area contributed by atoms with Crippen molar-refractivity contribution in [3.63, 3.8) is 0 Å².